The first kappa shape index (κ1) is 17.2. The average Bonchev–Trinajstić information content (AvgIpc) is 2.43. The molecule has 1 amide bonds. The van der Waals surface area contributed by atoms with Crippen LogP contribution in [-0.4, -0.2) is 36.2 Å². The van der Waals surface area contributed by atoms with Crippen molar-refractivity contribution in [3.63, 3.8) is 0 Å². The lowest BCUT2D eigenvalue weighted by Crippen LogP contribution is -2.32. The van der Waals surface area contributed by atoms with Gasteiger partial charge in [-0.1, -0.05) is 17.7 Å². The molecule has 0 bridgehead atoms. The van der Waals surface area contributed by atoms with Gasteiger partial charge in [0.2, 0.25) is 0 Å². The Morgan fingerprint density at radius 3 is 2.76 bits per heavy atom. The quantitative estimate of drug-likeness (QED) is 0.759. The molecule has 0 saturated carbocycles. The zero-order valence-electron chi connectivity index (χ0n) is 11.9. The molecule has 0 aliphatic carbocycles. The van der Waals surface area contributed by atoms with Gasteiger partial charge in [0.05, 0.1) is 6.10 Å². The summed E-state index contributed by atoms with van der Waals surface area (Å²) in [6.45, 7) is 4.76. The van der Waals surface area contributed by atoms with E-state index >= 15 is 0 Å². The second-order valence-electron chi connectivity index (χ2n) is 4.38. The lowest BCUT2D eigenvalue weighted by Gasteiger charge is -2.12. The number of carboxylic acids is 1. The number of carboxylic acid groups (broad SMARTS) is 1. The molecule has 1 aromatic rings. The number of hydrogen-bond donors (Lipinski definition) is 2. The van der Waals surface area contributed by atoms with Crippen molar-refractivity contribution in [2.24, 2.45) is 0 Å². The van der Waals surface area contributed by atoms with Crippen LogP contribution in [-0.2, 0) is 9.53 Å². The predicted molar refractivity (Wildman–Crippen MR) is 81.5 cm³/mol. The Morgan fingerprint density at radius 1 is 1.48 bits per heavy atom. The Hall–Kier alpha value is -1.85. The van der Waals surface area contributed by atoms with Crippen LogP contribution >= 0.6 is 11.6 Å². The Balaban J connectivity index is 2.70. The van der Waals surface area contributed by atoms with E-state index in [0.717, 1.165) is 6.08 Å². The fourth-order valence-corrected chi connectivity index (χ4v) is 1.89. The number of carbonyl (C=O) groups is 2. The summed E-state index contributed by atoms with van der Waals surface area (Å²) in [7, 11) is 0. The van der Waals surface area contributed by atoms with E-state index in [1.807, 2.05) is 13.8 Å². The lowest BCUT2D eigenvalue weighted by atomic mass is 10.1. The second kappa shape index (κ2) is 8.44. The molecule has 0 aliphatic rings. The van der Waals surface area contributed by atoms with Crippen molar-refractivity contribution < 1.29 is 19.4 Å². The summed E-state index contributed by atoms with van der Waals surface area (Å²) in [4.78, 5) is 22.4. The molecule has 0 aliphatic heterocycles. The summed E-state index contributed by atoms with van der Waals surface area (Å²) in [5.41, 5.74) is 0.953. The SMILES string of the molecule is CCOC(C)CNC(=O)c1ccc(/C=C/C(=O)O)c(Cl)c1. The standard InChI is InChI=1S/C15H18ClNO4/c1-3-21-10(2)9-17-15(20)12-5-4-11(13(16)8-12)6-7-14(18)19/h4-8,10H,3,9H2,1-2H3,(H,17,20)(H,18,19)/b7-6+. The van der Waals surface area contributed by atoms with Crippen molar-refractivity contribution in [1.29, 1.82) is 0 Å². The summed E-state index contributed by atoms with van der Waals surface area (Å²) < 4.78 is 5.32. The van der Waals surface area contributed by atoms with E-state index in [1.165, 1.54) is 12.1 Å². The number of nitrogens with one attached hydrogen (secondary N) is 1. The third-order valence-corrected chi connectivity index (χ3v) is 3.00. The minimum atomic E-state index is -1.06. The van der Waals surface area contributed by atoms with Crippen LogP contribution in [0.4, 0.5) is 0 Å². The van der Waals surface area contributed by atoms with Gasteiger partial charge < -0.3 is 15.2 Å². The highest BCUT2D eigenvalue weighted by molar-refractivity contribution is 6.32. The maximum Gasteiger partial charge on any atom is 0.328 e. The van der Waals surface area contributed by atoms with Gasteiger partial charge in [-0.25, -0.2) is 4.79 Å². The molecule has 1 unspecified atom stereocenters. The summed E-state index contributed by atoms with van der Waals surface area (Å²) in [6, 6.07) is 4.69. The number of amides is 1. The van der Waals surface area contributed by atoms with Crippen LogP contribution in [0.3, 0.4) is 0 Å². The topological polar surface area (TPSA) is 75.6 Å². The smallest absolute Gasteiger partial charge is 0.328 e. The molecule has 0 radical (unpaired) electrons. The Labute approximate surface area is 128 Å². The number of ether oxygens (including phenoxy) is 1. The molecule has 1 atom stereocenters. The zero-order chi connectivity index (χ0) is 15.8. The third kappa shape index (κ3) is 5.97. The van der Waals surface area contributed by atoms with Gasteiger partial charge in [0.25, 0.3) is 5.91 Å². The molecule has 0 aromatic heterocycles. The number of carbonyl (C=O) groups excluding carboxylic acids is 1. The summed E-state index contributed by atoms with van der Waals surface area (Å²) >= 11 is 6.02. The fraction of sp³-hybridized carbons (Fsp3) is 0.333. The highest BCUT2D eigenvalue weighted by Gasteiger charge is 2.09. The normalized spacial score (nSPS) is 12.3. The molecule has 1 rings (SSSR count). The molecule has 0 heterocycles. The van der Waals surface area contributed by atoms with Crippen molar-refractivity contribution >= 4 is 29.6 Å². The van der Waals surface area contributed by atoms with Crippen molar-refractivity contribution in [3.8, 4) is 0 Å². The maximum absolute atomic E-state index is 11.9. The van der Waals surface area contributed by atoms with Crippen LogP contribution in [0.15, 0.2) is 24.3 Å². The summed E-state index contributed by atoms with van der Waals surface area (Å²) in [5.74, 6) is -1.31. The van der Waals surface area contributed by atoms with E-state index in [-0.39, 0.29) is 12.0 Å². The molecule has 0 saturated heterocycles. The monoisotopic (exact) mass is 311 g/mol. The molecule has 6 heteroatoms. The Bertz CT molecular complexity index is 542. The first-order chi connectivity index (χ1) is 9.93. The summed E-state index contributed by atoms with van der Waals surface area (Å²) in [5, 5.41) is 11.6. The van der Waals surface area contributed by atoms with Crippen LogP contribution in [0, 0.1) is 0 Å². The average molecular weight is 312 g/mol. The van der Waals surface area contributed by atoms with Gasteiger partial charge in [0, 0.05) is 29.8 Å². The van der Waals surface area contributed by atoms with Gasteiger partial charge in [0.1, 0.15) is 0 Å². The van der Waals surface area contributed by atoms with Crippen molar-refractivity contribution in [2.75, 3.05) is 13.2 Å². The zero-order valence-corrected chi connectivity index (χ0v) is 12.7. The van der Waals surface area contributed by atoms with Crippen LogP contribution in [0.1, 0.15) is 29.8 Å². The van der Waals surface area contributed by atoms with Crippen molar-refractivity contribution in [3.05, 3.63) is 40.4 Å². The van der Waals surface area contributed by atoms with Gasteiger partial charge in [0.15, 0.2) is 0 Å². The molecular formula is C15H18ClNO4. The van der Waals surface area contributed by atoms with Gasteiger partial charge >= 0.3 is 5.97 Å². The number of rotatable bonds is 7. The van der Waals surface area contributed by atoms with Crippen LogP contribution in [0.25, 0.3) is 6.08 Å². The van der Waals surface area contributed by atoms with E-state index in [0.29, 0.717) is 29.3 Å². The number of benzene rings is 1. The van der Waals surface area contributed by atoms with Crippen LogP contribution in [0.2, 0.25) is 5.02 Å². The Morgan fingerprint density at radius 2 is 2.19 bits per heavy atom. The van der Waals surface area contributed by atoms with E-state index in [2.05, 4.69) is 5.32 Å². The molecule has 5 nitrogen and oxygen atoms in total. The molecule has 2 N–H and O–H groups in total. The predicted octanol–water partition coefficient (Wildman–Crippen LogP) is 2.59. The summed E-state index contributed by atoms with van der Waals surface area (Å²) in [6.07, 6.45) is 2.31. The largest absolute Gasteiger partial charge is 0.478 e. The maximum atomic E-state index is 11.9. The van der Waals surface area contributed by atoms with E-state index < -0.39 is 5.97 Å². The van der Waals surface area contributed by atoms with Gasteiger partial charge in [-0.2, -0.15) is 0 Å². The minimum absolute atomic E-state index is 0.0628. The van der Waals surface area contributed by atoms with Crippen LogP contribution < -0.4 is 5.32 Å². The van der Waals surface area contributed by atoms with Gasteiger partial charge in [-0.15, -0.1) is 0 Å². The third-order valence-electron chi connectivity index (χ3n) is 2.67. The van der Waals surface area contributed by atoms with Gasteiger partial charge in [-0.3, -0.25) is 4.79 Å². The van der Waals surface area contributed by atoms with Crippen LogP contribution in [0.5, 0.6) is 0 Å². The highest BCUT2D eigenvalue weighted by atomic mass is 35.5. The molecule has 114 valence electrons. The molecule has 0 fully saturated rings. The van der Waals surface area contributed by atoms with Crippen molar-refractivity contribution in [1.82, 2.24) is 5.32 Å². The lowest BCUT2D eigenvalue weighted by molar-refractivity contribution is -0.131. The molecule has 1 aromatic carbocycles. The van der Waals surface area contributed by atoms with Crippen molar-refractivity contribution in [2.45, 2.75) is 20.0 Å². The first-order valence-electron chi connectivity index (χ1n) is 6.54. The number of hydrogen-bond acceptors (Lipinski definition) is 3. The highest BCUT2D eigenvalue weighted by Crippen LogP contribution is 2.19. The van der Waals surface area contributed by atoms with E-state index in [9.17, 15) is 9.59 Å². The molecule has 0 spiro atoms. The first-order valence-corrected chi connectivity index (χ1v) is 6.92. The number of aliphatic carboxylic acids is 1. The van der Waals surface area contributed by atoms with E-state index in [4.69, 9.17) is 21.4 Å². The Kier molecular flexibility index (Phi) is 6.91. The van der Waals surface area contributed by atoms with Gasteiger partial charge in [-0.05, 0) is 37.6 Å². The number of halogens is 1. The molecule has 21 heavy (non-hydrogen) atoms. The molecular weight excluding hydrogens is 294 g/mol. The second-order valence-corrected chi connectivity index (χ2v) is 4.79. The minimum Gasteiger partial charge on any atom is -0.478 e. The van der Waals surface area contributed by atoms with E-state index in [1.54, 1.807) is 12.1 Å². The fourth-order valence-electron chi connectivity index (χ4n) is 1.65.